The van der Waals surface area contributed by atoms with Crippen molar-refractivity contribution in [2.45, 2.75) is 32.1 Å². The Bertz CT molecular complexity index is 399. The molecule has 0 spiro atoms. The molecule has 4 heteroatoms. The molecule has 0 aliphatic rings. The Morgan fingerprint density at radius 1 is 1.33 bits per heavy atom. The van der Waals surface area contributed by atoms with E-state index in [2.05, 4.69) is 26.1 Å². The molecule has 0 aliphatic heterocycles. The predicted octanol–water partition coefficient (Wildman–Crippen LogP) is 3.04. The Labute approximate surface area is 113 Å². The first kappa shape index (κ1) is 14.9. The van der Waals surface area contributed by atoms with Gasteiger partial charge < -0.3 is 10.4 Å². The number of benzene rings is 1. The average molecular weight is 267 g/mol. The second-order valence-corrected chi connectivity index (χ2v) is 6.43. The predicted molar refractivity (Wildman–Crippen MR) is 75.9 cm³/mol. The number of para-hydroxylation sites is 1. The maximum Gasteiger partial charge on any atom is 0.230 e. The van der Waals surface area contributed by atoms with E-state index in [0.29, 0.717) is 12.3 Å². The normalized spacial score (nSPS) is 11.3. The van der Waals surface area contributed by atoms with Crippen LogP contribution in [0.4, 0.5) is 0 Å². The highest BCUT2D eigenvalue weighted by molar-refractivity contribution is 8.00. The third-order valence-corrected chi connectivity index (χ3v) is 3.48. The molecule has 1 amide bonds. The van der Waals surface area contributed by atoms with Crippen molar-refractivity contribution in [3.8, 4) is 5.75 Å². The number of carbonyl (C=O) groups excluding carboxylic acids is 1. The summed E-state index contributed by atoms with van der Waals surface area (Å²) in [5.74, 6) is 0.569. The van der Waals surface area contributed by atoms with Gasteiger partial charge >= 0.3 is 0 Å². The highest BCUT2D eigenvalue weighted by Gasteiger charge is 2.11. The van der Waals surface area contributed by atoms with E-state index in [-0.39, 0.29) is 17.1 Å². The van der Waals surface area contributed by atoms with E-state index >= 15 is 0 Å². The number of carbonyl (C=O) groups is 1. The fourth-order valence-corrected chi connectivity index (χ4v) is 2.13. The summed E-state index contributed by atoms with van der Waals surface area (Å²) in [6, 6.07) is 7.05. The van der Waals surface area contributed by atoms with E-state index in [0.717, 1.165) is 11.3 Å². The van der Waals surface area contributed by atoms with Crippen LogP contribution in [0.3, 0.4) is 0 Å². The number of hydrogen-bond acceptors (Lipinski definition) is 3. The molecule has 0 aromatic heterocycles. The average Bonchev–Trinajstić information content (AvgIpc) is 2.26. The molecule has 0 fully saturated rings. The standard InChI is InChI=1S/C14H21NO2S/c1-14(2,3)8-9-15-13(17)10-18-12-7-5-4-6-11(12)16/h4-7,16H,8-10H2,1-3H3,(H,15,17). The molecule has 3 nitrogen and oxygen atoms in total. The summed E-state index contributed by atoms with van der Waals surface area (Å²) < 4.78 is 0. The van der Waals surface area contributed by atoms with Crippen LogP contribution in [-0.2, 0) is 4.79 Å². The Morgan fingerprint density at radius 3 is 2.61 bits per heavy atom. The van der Waals surface area contributed by atoms with Crippen LogP contribution in [0.25, 0.3) is 0 Å². The minimum Gasteiger partial charge on any atom is -0.507 e. The van der Waals surface area contributed by atoms with Gasteiger partial charge in [-0.3, -0.25) is 4.79 Å². The quantitative estimate of drug-likeness (QED) is 0.806. The molecule has 0 aliphatic carbocycles. The summed E-state index contributed by atoms with van der Waals surface area (Å²) in [4.78, 5) is 12.3. The number of amides is 1. The molecule has 2 N–H and O–H groups in total. The van der Waals surface area contributed by atoms with Crippen molar-refractivity contribution in [3.05, 3.63) is 24.3 Å². The molecule has 100 valence electrons. The number of hydrogen-bond donors (Lipinski definition) is 2. The van der Waals surface area contributed by atoms with Gasteiger partial charge in [0.15, 0.2) is 0 Å². The number of thioether (sulfide) groups is 1. The molecule has 1 aromatic rings. The molecule has 0 bridgehead atoms. The van der Waals surface area contributed by atoms with E-state index in [1.807, 2.05) is 12.1 Å². The highest BCUT2D eigenvalue weighted by Crippen LogP contribution is 2.27. The summed E-state index contributed by atoms with van der Waals surface area (Å²) in [5, 5.41) is 12.4. The maximum atomic E-state index is 11.6. The molecule has 1 rings (SSSR count). The highest BCUT2D eigenvalue weighted by atomic mass is 32.2. The SMILES string of the molecule is CC(C)(C)CCNC(=O)CSc1ccccc1O. The van der Waals surface area contributed by atoms with Crippen molar-refractivity contribution in [3.63, 3.8) is 0 Å². The lowest BCUT2D eigenvalue weighted by Crippen LogP contribution is -2.28. The molecule has 1 aromatic carbocycles. The first-order chi connectivity index (χ1) is 8.38. The summed E-state index contributed by atoms with van der Waals surface area (Å²) in [7, 11) is 0. The number of aromatic hydroxyl groups is 1. The lowest BCUT2D eigenvalue weighted by molar-refractivity contribution is -0.118. The lowest BCUT2D eigenvalue weighted by Gasteiger charge is -2.17. The molecule has 0 heterocycles. The van der Waals surface area contributed by atoms with Gasteiger partial charge in [-0.1, -0.05) is 32.9 Å². The van der Waals surface area contributed by atoms with Gasteiger partial charge in [0.1, 0.15) is 5.75 Å². The molecule has 0 saturated carbocycles. The lowest BCUT2D eigenvalue weighted by atomic mass is 9.92. The number of nitrogens with one attached hydrogen (secondary N) is 1. The molecular weight excluding hydrogens is 246 g/mol. The largest absolute Gasteiger partial charge is 0.507 e. The summed E-state index contributed by atoms with van der Waals surface area (Å²) >= 11 is 1.35. The number of rotatable bonds is 5. The van der Waals surface area contributed by atoms with Crippen LogP contribution in [0.2, 0.25) is 0 Å². The fraction of sp³-hybridized carbons (Fsp3) is 0.500. The number of phenolic OH excluding ortho intramolecular Hbond substituents is 1. The van der Waals surface area contributed by atoms with Gasteiger partial charge in [-0.05, 0) is 24.0 Å². The van der Waals surface area contributed by atoms with Crippen LogP contribution >= 0.6 is 11.8 Å². The van der Waals surface area contributed by atoms with Gasteiger partial charge in [0, 0.05) is 11.4 Å². The molecular formula is C14H21NO2S. The van der Waals surface area contributed by atoms with Gasteiger partial charge in [0.05, 0.1) is 5.75 Å². The maximum absolute atomic E-state index is 11.6. The van der Waals surface area contributed by atoms with Crippen molar-refractivity contribution in [2.24, 2.45) is 5.41 Å². The van der Waals surface area contributed by atoms with Crippen molar-refractivity contribution in [2.75, 3.05) is 12.3 Å². The fourth-order valence-electron chi connectivity index (χ4n) is 1.35. The Balaban J connectivity index is 2.28. The van der Waals surface area contributed by atoms with Crippen LogP contribution < -0.4 is 5.32 Å². The van der Waals surface area contributed by atoms with Gasteiger partial charge in [-0.2, -0.15) is 0 Å². The van der Waals surface area contributed by atoms with Crippen molar-refractivity contribution in [1.82, 2.24) is 5.32 Å². The van der Waals surface area contributed by atoms with Crippen LogP contribution in [0.15, 0.2) is 29.2 Å². The minimum absolute atomic E-state index is 0.00695. The smallest absolute Gasteiger partial charge is 0.230 e. The van der Waals surface area contributed by atoms with Crippen LogP contribution in [0.1, 0.15) is 27.2 Å². The Hall–Kier alpha value is -1.16. The summed E-state index contributed by atoms with van der Waals surface area (Å²) in [6.07, 6.45) is 0.958. The third-order valence-electron chi connectivity index (χ3n) is 2.42. The van der Waals surface area contributed by atoms with Gasteiger partial charge in [-0.15, -0.1) is 11.8 Å². The topological polar surface area (TPSA) is 49.3 Å². The molecule has 18 heavy (non-hydrogen) atoms. The molecule has 0 atom stereocenters. The van der Waals surface area contributed by atoms with Gasteiger partial charge in [0.25, 0.3) is 0 Å². The minimum atomic E-state index is 0.00695. The summed E-state index contributed by atoms with van der Waals surface area (Å²) in [5.41, 5.74) is 0.234. The second-order valence-electron chi connectivity index (χ2n) is 5.42. The van der Waals surface area contributed by atoms with Crippen molar-refractivity contribution < 1.29 is 9.90 Å². The van der Waals surface area contributed by atoms with Gasteiger partial charge in [-0.25, -0.2) is 0 Å². The third kappa shape index (κ3) is 5.96. The van der Waals surface area contributed by atoms with Crippen LogP contribution in [0, 0.1) is 5.41 Å². The summed E-state index contributed by atoms with van der Waals surface area (Å²) in [6.45, 7) is 7.14. The van der Waals surface area contributed by atoms with E-state index in [1.54, 1.807) is 12.1 Å². The molecule has 0 saturated heterocycles. The van der Waals surface area contributed by atoms with E-state index in [4.69, 9.17) is 0 Å². The second kappa shape index (κ2) is 6.69. The van der Waals surface area contributed by atoms with Crippen molar-refractivity contribution in [1.29, 1.82) is 0 Å². The van der Waals surface area contributed by atoms with Crippen LogP contribution in [0.5, 0.6) is 5.75 Å². The Kier molecular flexibility index (Phi) is 5.54. The van der Waals surface area contributed by atoms with E-state index in [9.17, 15) is 9.90 Å². The van der Waals surface area contributed by atoms with Crippen LogP contribution in [-0.4, -0.2) is 23.3 Å². The zero-order valence-corrected chi connectivity index (χ0v) is 12.0. The zero-order valence-electron chi connectivity index (χ0n) is 11.2. The van der Waals surface area contributed by atoms with Crippen molar-refractivity contribution >= 4 is 17.7 Å². The van der Waals surface area contributed by atoms with E-state index in [1.165, 1.54) is 11.8 Å². The zero-order chi connectivity index (χ0) is 13.6. The monoisotopic (exact) mass is 267 g/mol. The molecule has 0 radical (unpaired) electrons. The number of phenols is 1. The van der Waals surface area contributed by atoms with Gasteiger partial charge in [0.2, 0.25) is 5.91 Å². The first-order valence-corrected chi connectivity index (χ1v) is 7.04. The Morgan fingerprint density at radius 2 is 2.00 bits per heavy atom. The first-order valence-electron chi connectivity index (χ1n) is 6.06. The molecule has 0 unspecified atom stereocenters. The van der Waals surface area contributed by atoms with E-state index < -0.39 is 0 Å².